The van der Waals surface area contributed by atoms with Crippen molar-refractivity contribution in [2.45, 2.75) is 26.2 Å². The number of nitrogens with zero attached hydrogens (tertiary/aromatic N) is 1. The second kappa shape index (κ2) is 12.4. The smallest absolute Gasteiger partial charge is 0.293 e. The van der Waals surface area contributed by atoms with Gasteiger partial charge < -0.3 is 14.2 Å². The number of carbonyl (C=O) groups excluding carboxylic acids is 2. The number of ether oxygens (including phenoxy) is 3. The Morgan fingerprint density at radius 2 is 1.42 bits per heavy atom. The number of carbonyl (C=O) groups is 2. The van der Waals surface area contributed by atoms with Gasteiger partial charge in [0.2, 0.25) is 0 Å². The molecule has 38 heavy (non-hydrogen) atoms. The van der Waals surface area contributed by atoms with Crippen LogP contribution in [0.1, 0.15) is 31.9 Å². The van der Waals surface area contributed by atoms with Gasteiger partial charge in [0.15, 0.2) is 0 Å². The minimum Gasteiger partial charge on any atom is -0.490 e. The predicted molar refractivity (Wildman–Crippen MR) is 152 cm³/mol. The Morgan fingerprint density at radius 1 is 0.816 bits per heavy atom. The molecule has 0 aliphatic carbocycles. The van der Waals surface area contributed by atoms with Crippen molar-refractivity contribution in [3.8, 4) is 17.2 Å². The third-order valence-electron chi connectivity index (χ3n) is 5.80. The number of thioether (sulfide) groups is 1. The molecule has 0 atom stereocenters. The van der Waals surface area contributed by atoms with Gasteiger partial charge in [0, 0.05) is 0 Å². The summed E-state index contributed by atoms with van der Waals surface area (Å²) in [5.74, 6) is 1.68. The van der Waals surface area contributed by atoms with E-state index in [1.165, 1.54) is 10.5 Å². The molecule has 6 nitrogen and oxygen atoms in total. The summed E-state index contributed by atoms with van der Waals surface area (Å²) in [6.07, 6.45) is 1.70. The van der Waals surface area contributed by atoms with Crippen molar-refractivity contribution in [1.82, 2.24) is 4.90 Å². The molecule has 1 aliphatic heterocycles. The summed E-state index contributed by atoms with van der Waals surface area (Å²) in [6.45, 7) is 7.66. The number of amides is 2. The summed E-state index contributed by atoms with van der Waals surface area (Å²) in [6, 6.07) is 22.5. The largest absolute Gasteiger partial charge is 0.490 e. The molecule has 0 radical (unpaired) electrons. The second-order valence-electron chi connectivity index (χ2n) is 9.65. The number of hydrogen-bond donors (Lipinski definition) is 0. The molecular weight excluding hydrogens is 522 g/mol. The van der Waals surface area contributed by atoms with E-state index in [2.05, 4.69) is 32.9 Å². The Kier molecular flexibility index (Phi) is 9.02. The monoisotopic (exact) mass is 551 g/mol. The highest BCUT2D eigenvalue weighted by molar-refractivity contribution is 8.18. The molecule has 1 heterocycles. The average Bonchev–Trinajstić information content (AvgIpc) is 3.15. The standard InChI is InChI=1S/C30H30ClNO5S/c1-30(2,3)22-10-14-24(15-11-22)36-19-18-35-23-12-8-21(9-13-23)20-27-28(33)32(29(34)38-27)16-17-37-26-7-5-4-6-25(26)31/h4-15,20H,16-19H2,1-3H3/b27-20-. The van der Waals surface area contributed by atoms with Crippen LogP contribution in [-0.4, -0.2) is 42.4 Å². The van der Waals surface area contributed by atoms with E-state index in [9.17, 15) is 9.59 Å². The van der Waals surface area contributed by atoms with Crippen molar-refractivity contribution in [2.75, 3.05) is 26.4 Å². The molecule has 3 aromatic rings. The third-order valence-corrected chi connectivity index (χ3v) is 7.02. The lowest BCUT2D eigenvalue weighted by Crippen LogP contribution is -2.32. The number of benzene rings is 3. The van der Waals surface area contributed by atoms with E-state index in [4.69, 9.17) is 25.8 Å². The molecular formula is C30H30ClNO5S. The summed E-state index contributed by atoms with van der Waals surface area (Å²) < 4.78 is 17.2. The molecule has 0 saturated carbocycles. The van der Waals surface area contributed by atoms with Gasteiger partial charge in [0.1, 0.15) is 37.1 Å². The van der Waals surface area contributed by atoms with E-state index < -0.39 is 0 Å². The zero-order valence-corrected chi connectivity index (χ0v) is 23.2. The first-order valence-corrected chi connectivity index (χ1v) is 13.5. The van der Waals surface area contributed by atoms with Gasteiger partial charge >= 0.3 is 0 Å². The van der Waals surface area contributed by atoms with Gasteiger partial charge in [-0.3, -0.25) is 14.5 Å². The van der Waals surface area contributed by atoms with Crippen LogP contribution in [0.3, 0.4) is 0 Å². The van der Waals surface area contributed by atoms with E-state index in [1.54, 1.807) is 30.3 Å². The van der Waals surface area contributed by atoms with Crippen LogP contribution in [0.15, 0.2) is 77.7 Å². The molecule has 198 valence electrons. The molecule has 0 N–H and O–H groups in total. The number of para-hydroxylation sites is 1. The summed E-state index contributed by atoms with van der Waals surface area (Å²) >= 11 is 6.99. The van der Waals surface area contributed by atoms with Gasteiger partial charge in [-0.15, -0.1) is 0 Å². The van der Waals surface area contributed by atoms with E-state index in [1.807, 2.05) is 36.4 Å². The first-order valence-electron chi connectivity index (χ1n) is 12.3. The Labute approximate surface area is 232 Å². The number of rotatable bonds is 10. The minimum absolute atomic E-state index is 0.106. The summed E-state index contributed by atoms with van der Waals surface area (Å²) in [5, 5.41) is 0.157. The van der Waals surface area contributed by atoms with Gasteiger partial charge in [-0.05, 0) is 70.8 Å². The highest BCUT2D eigenvalue weighted by Gasteiger charge is 2.34. The highest BCUT2D eigenvalue weighted by atomic mass is 35.5. The van der Waals surface area contributed by atoms with Crippen LogP contribution < -0.4 is 14.2 Å². The molecule has 1 aliphatic rings. The lowest BCUT2D eigenvalue weighted by molar-refractivity contribution is -0.123. The molecule has 4 rings (SSSR count). The molecule has 1 saturated heterocycles. The van der Waals surface area contributed by atoms with Crippen LogP contribution >= 0.6 is 23.4 Å². The molecule has 0 bridgehead atoms. The molecule has 0 spiro atoms. The molecule has 3 aromatic carbocycles. The Hall–Kier alpha value is -3.42. The van der Waals surface area contributed by atoms with Gasteiger partial charge in [0.05, 0.1) is 16.5 Å². The number of halogens is 1. The van der Waals surface area contributed by atoms with Crippen LogP contribution in [0.5, 0.6) is 17.2 Å². The quantitative estimate of drug-likeness (QED) is 0.196. The number of hydrogen-bond acceptors (Lipinski definition) is 6. The maximum atomic E-state index is 12.8. The number of imide groups is 1. The summed E-state index contributed by atoms with van der Waals surface area (Å²) in [4.78, 5) is 26.7. The van der Waals surface area contributed by atoms with Crippen LogP contribution in [0.25, 0.3) is 6.08 Å². The first kappa shape index (κ1) is 27.6. The van der Waals surface area contributed by atoms with Crippen LogP contribution in [-0.2, 0) is 10.2 Å². The second-order valence-corrected chi connectivity index (χ2v) is 11.1. The Morgan fingerprint density at radius 3 is 2.03 bits per heavy atom. The van der Waals surface area contributed by atoms with E-state index >= 15 is 0 Å². The maximum Gasteiger partial charge on any atom is 0.293 e. The van der Waals surface area contributed by atoms with Crippen molar-refractivity contribution in [3.63, 3.8) is 0 Å². The molecule has 8 heteroatoms. The van der Waals surface area contributed by atoms with Crippen LogP contribution in [0.2, 0.25) is 5.02 Å². The van der Waals surface area contributed by atoms with Crippen LogP contribution in [0, 0.1) is 0 Å². The zero-order valence-electron chi connectivity index (χ0n) is 21.6. The fourth-order valence-electron chi connectivity index (χ4n) is 3.68. The van der Waals surface area contributed by atoms with Crippen molar-refractivity contribution in [1.29, 1.82) is 0 Å². The highest BCUT2D eigenvalue weighted by Crippen LogP contribution is 2.32. The molecule has 1 fully saturated rings. The minimum atomic E-state index is -0.337. The lowest BCUT2D eigenvalue weighted by atomic mass is 9.87. The van der Waals surface area contributed by atoms with E-state index in [0.717, 1.165) is 23.1 Å². The average molecular weight is 552 g/mol. The lowest BCUT2D eigenvalue weighted by Gasteiger charge is -2.19. The van der Waals surface area contributed by atoms with Crippen molar-refractivity contribution >= 4 is 40.6 Å². The predicted octanol–water partition coefficient (Wildman–Crippen LogP) is 7.21. The van der Waals surface area contributed by atoms with Crippen molar-refractivity contribution in [3.05, 3.63) is 93.9 Å². The zero-order chi connectivity index (χ0) is 27.1. The molecule has 0 unspecified atom stereocenters. The topological polar surface area (TPSA) is 65.1 Å². The Balaban J connectivity index is 1.23. The first-order chi connectivity index (χ1) is 18.2. The van der Waals surface area contributed by atoms with E-state index in [0.29, 0.717) is 34.6 Å². The van der Waals surface area contributed by atoms with Gasteiger partial charge in [-0.2, -0.15) is 0 Å². The molecule has 0 aromatic heterocycles. The fourth-order valence-corrected chi connectivity index (χ4v) is 4.74. The van der Waals surface area contributed by atoms with E-state index in [-0.39, 0.29) is 29.7 Å². The fraction of sp³-hybridized carbons (Fsp3) is 0.267. The SMILES string of the molecule is CC(C)(C)c1ccc(OCCOc2ccc(/C=C3\SC(=O)N(CCOc4ccccc4Cl)C3=O)cc2)cc1. The van der Waals surface area contributed by atoms with Gasteiger partial charge in [0.25, 0.3) is 11.1 Å². The van der Waals surface area contributed by atoms with Crippen molar-refractivity contribution in [2.24, 2.45) is 0 Å². The summed E-state index contributed by atoms with van der Waals surface area (Å²) in [5.41, 5.74) is 2.16. The van der Waals surface area contributed by atoms with Crippen molar-refractivity contribution < 1.29 is 23.8 Å². The summed E-state index contributed by atoms with van der Waals surface area (Å²) in [7, 11) is 0. The Bertz CT molecular complexity index is 1300. The van der Waals surface area contributed by atoms with Crippen LogP contribution in [0.4, 0.5) is 4.79 Å². The normalized spacial score (nSPS) is 14.7. The van der Waals surface area contributed by atoms with Gasteiger partial charge in [-0.25, -0.2) is 0 Å². The molecule has 2 amide bonds. The maximum absolute atomic E-state index is 12.8. The van der Waals surface area contributed by atoms with Gasteiger partial charge in [-0.1, -0.05) is 68.8 Å². The third kappa shape index (κ3) is 7.33.